The zero-order valence-electron chi connectivity index (χ0n) is 19.7. The molecule has 4 aromatic rings. The third kappa shape index (κ3) is 3.73. The molecule has 1 aliphatic heterocycles. The predicted molar refractivity (Wildman–Crippen MR) is 137 cm³/mol. The number of methoxy groups -OCH3 is 1. The van der Waals surface area contributed by atoms with Crippen LogP contribution in [-0.4, -0.2) is 29.9 Å². The van der Waals surface area contributed by atoms with Gasteiger partial charge in [-0.15, -0.1) is 0 Å². The van der Waals surface area contributed by atoms with Crippen LogP contribution in [0.1, 0.15) is 16.7 Å². The normalized spacial score (nSPS) is 15.2. The molecule has 1 aliphatic rings. The number of anilines is 1. The summed E-state index contributed by atoms with van der Waals surface area (Å²) in [5, 5.41) is 0. The average molecular weight is 477 g/mol. The van der Waals surface area contributed by atoms with Gasteiger partial charge < -0.3 is 4.74 Å². The molecule has 0 spiro atoms. The molecular weight excluding hydrogens is 452 g/mol. The Morgan fingerprint density at radius 3 is 1.64 bits per heavy atom. The van der Waals surface area contributed by atoms with Gasteiger partial charge in [0.15, 0.2) is 5.41 Å². The Morgan fingerprint density at radius 1 is 0.639 bits per heavy atom. The van der Waals surface area contributed by atoms with Crippen molar-refractivity contribution >= 4 is 23.5 Å². The summed E-state index contributed by atoms with van der Waals surface area (Å²) in [5.74, 6) is -0.524. The van der Waals surface area contributed by atoms with Crippen molar-refractivity contribution in [1.29, 1.82) is 0 Å². The zero-order valence-corrected chi connectivity index (χ0v) is 19.7. The summed E-state index contributed by atoms with van der Waals surface area (Å²) in [7, 11) is 1.57. The van der Waals surface area contributed by atoms with Crippen LogP contribution in [0.5, 0.6) is 5.75 Å². The van der Waals surface area contributed by atoms with Crippen molar-refractivity contribution in [3.05, 3.63) is 132 Å². The molecule has 1 saturated heterocycles. The van der Waals surface area contributed by atoms with Crippen LogP contribution in [0.15, 0.2) is 115 Å². The van der Waals surface area contributed by atoms with Gasteiger partial charge in [0.25, 0.3) is 11.8 Å². The number of para-hydroxylation sites is 1. The highest BCUT2D eigenvalue weighted by Gasteiger charge is 2.59. The maximum Gasteiger partial charge on any atom is 0.338 e. The molecule has 0 atom stereocenters. The Bertz CT molecular complexity index is 1350. The Kier molecular flexibility index (Phi) is 6.09. The van der Waals surface area contributed by atoms with Gasteiger partial charge in [-0.1, -0.05) is 91.0 Å². The second-order valence-electron chi connectivity index (χ2n) is 8.48. The molecule has 178 valence electrons. The third-order valence-electron chi connectivity index (χ3n) is 6.44. The number of carbonyl (C=O) groups is 3. The average Bonchev–Trinajstić information content (AvgIpc) is 2.93. The predicted octanol–water partition coefficient (Wildman–Crippen LogP) is 5.18. The minimum atomic E-state index is -1.74. The molecule has 0 aromatic heterocycles. The summed E-state index contributed by atoms with van der Waals surface area (Å²) in [4.78, 5) is 44.9. The van der Waals surface area contributed by atoms with Gasteiger partial charge in [0.2, 0.25) is 0 Å². The van der Waals surface area contributed by atoms with E-state index in [9.17, 15) is 14.4 Å². The zero-order chi connectivity index (χ0) is 25.1. The van der Waals surface area contributed by atoms with Crippen molar-refractivity contribution in [3.8, 4) is 5.75 Å². The van der Waals surface area contributed by atoms with Crippen molar-refractivity contribution in [2.24, 2.45) is 0 Å². The SMILES string of the molecule is COc1ccc(CN2C(=O)N(c3ccccc3)C(=O)C(c3ccccc3)(c3ccccc3)C2=O)cc1. The lowest BCUT2D eigenvalue weighted by molar-refractivity contribution is -0.142. The van der Waals surface area contributed by atoms with Gasteiger partial charge in [-0.3, -0.25) is 14.5 Å². The third-order valence-corrected chi connectivity index (χ3v) is 6.44. The van der Waals surface area contributed by atoms with Crippen LogP contribution in [0.4, 0.5) is 10.5 Å². The van der Waals surface area contributed by atoms with Crippen LogP contribution in [0.2, 0.25) is 0 Å². The number of imide groups is 2. The molecule has 0 unspecified atom stereocenters. The van der Waals surface area contributed by atoms with Gasteiger partial charge in [0.1, 0.15) is 5.75 Å². The largest absolute Gasteiger partial charge is 0.497 e. The Balaban J connectivity index is 1.73. The van der Waals surface area contributed by atoms with Gasteiger partial charge in [-0.2, -0.15) is 0 Å². The Hall–Kier alpha value is -4.71. The molecule has 0 bridgehead atoms. The summed E-state index contributed by atoms with van der Waals surface area (Å²) in [6.45, 7) is -0.000306. The van der Waals surface area contributed by atoms with Gasteiger partial charge in [0, 0.05) is 0 Å². The van der Waals surface area contributed by atoms with Gasteiger partial charge in [0.05, 0.1) is 19.3 Å². The second-order valence-corrected chi connectivity index (χ2v) is 8.48. The molecule has 36 heavy (non-hydrogen) atoms. The van der Waals surface area contributed by atoms with E-state index in [-0.39, 0.29) is 6.54 Å². The quantitative estimate of drug-likeness (QED) is 0.360. The van der Waals surface area contributed by atoms with Gasteiger partial charge >= 0.3 is 6.03 Å². The van der Waals surface area contributed by atoms with E-state index >= 15 is 0 Å². The van der Waals surface area contributed by atoms with Gasteiger partial charge in [-0.05, 0) is 41.0 Å². The fourth-order valence-electron chi connectivity index (χ4n) is 4.65. The minimum absolute atomic E-state index is 0.000306. The Labute approximate surface area is 209 Å². The first-order chi connectivity index (χ1) is 17.6. The highest BCUT2D eigenvalue weighted by Crippen LogP contribution is 2.41. The second kappa shape index (κ2) is 9.50. The summed E-state index contributed by atoms with van der Waals surface area (Å²) in [5.41, 5.74) is 0.392. The summed E-state index contributed by atoms with van der Waals surface area (Å²) < 4.78 is 5.24. The van der Waals surface area contributed by atoms with Gasteiger partial charge in [-0.25, -0.2) is 9.69 Å². The first-order valence-corrected chi connectivity index (χ1v) is 11.6. The number of nitrogens with zero attached hydrogens (tertiary/aromatic N) is 2. The Morgan fingerprint density at radius 2 is 1.14 bits per heavy atom. The number of carbonyl (C=O) groups excluding carboxylic acids is 3. The van der Waals surface area contributed by atoms with E-state index in [1.54, 1.807) is 104 Å². The fraction of sp³-hybridized carbons (Fsp3) is 0.100. The smallest absolute Gasteiger partial charge is 0.338 e. The summed E-state index contributed by atoms with van der Waals surface area (Å²) >= 11 is 0. The number of rotatable bonds is 6. The van der Waals surface area contributed by atoms with Crippen LogP contribution < -0.4 is 9.64 Å². The molecule has 4 aromatic carbocycles. The van der Waals surface area contributed by atoms with Crippen molar-refractivity contribution in [3.63, 3.8) is 0 Å². The highest BCUT2D eigenvalue weighted by atomic mass is 16.5. The lowest BCUT2D eigenvalue weighted by Crippen LogP contribution is -2.67. The first kappa shape index (κ1) is 23.1. The monoisotopic (exact) mass is 476 g/mol. The number of hydrogen-bond acceptors (Lipinski definition) is 4. The van der Waals surface area contributed by atoms with Crippen LogP contribution >= 0.6 is 0 Å². The minimum Gasteiger partial charge on any atom is -0.497 e. The van der Waals surface area contributed by atoms with E-state index in [0.717, 1.165) is 15.4 Å². The van der Waals surface area contributed by atoms with Crippen LogP contribution in [-0.2, 0) is 21.5 Å². The molecule has 5 rings (SSSR count). The maximum atomic E-state index is 14.4. The van der Waals surface area contributed by atoms with E-state index in [1.807, 2.05) is 18.2 Å². The van der Waals surface area contributed by atoms with Crippen LogP contribution in [0.3, 0.4) is 0 Å². The van der Waals surface area contributed by atoms with Crippen molar-refractivity contribution in [2.75, 3.05) is 12.0 Å². The number of benzene rings is 4. The van der Waals surface area contributed by atoms with Crippen molar-refractivity contribution in [1.82, 2.24) is 4.90 Å². The number of urea groups is 1. The molecular formula is C30H24N2O4. The summed E-state index contributed by atoms with van der Waals surface area (Å²) in [6, 6.07) is 33.0. The maximum absolute atomic E-state index is 14.4. The lowest BCUT2D eigenvalue weighted by Gasteiger charge is -2.44. The van der Waals surface area contributed by atoms with Crippen molar-refractivity contribution in [2.45, 2.75) is 12.0 Å². The van der Waals surface area contributed by atoms with Crippen LogP contribution in [0, 0.1) is 0 Å². The van der Waals surface area contributed by atoms with E-state index in [0.29, 0.717) is 22.6 Å². The fourth-order valence-corrected chi connectivity index (χ4v) is 4.65. The first-order valence-electron chi connectivity index (χ1n) is 11.6. The lowest BCUT2D eigenvalue weighted by atomic mass is 9.70. The highest BCUT2D eigenvalue weighted by molar-refractivity contribution is 6.34. The number of ether oxygens (including phenoxy) is 1. The van der Waals surface area contributed by atoms with Crippen molar-refractivity contribution < 1.29 is 19.1 Å². The molecule has 1 heterocycles. The summed E-state index contributed by atoms with van der Waals surface area (Å²) in [6.07, 6.45) is 0. The topological polar surface area (TPSA) is 66.9 Å². The molecule has 6 heteroatoms. The van der Waals surface area contributed by atoms with E-state index in [1.165, 1.54) is 0 Å². The number of hydrogen-bond donors (Lipinski definition) is 0. The standard InChI is InChI=1S/C30H24N2O4/c1-36-26-19-17-22(18-20-26)21-31-27(33)30(23-11-5-2-6-12-23,24-13-7-3-8-14-24)28(34)32(29(31)35)25-15-9-4-10-16-25/h2-20H,21H2,1H3. The molecule has 0 aliphatic carbocycles. The van der Waals surface area contributed by atoms with E-state index in [4.69, 9.17) is 4.74 Å². The molecule has 0 N–H and O–H groups in total. The van der Waals surface area contributed by atoms with E-state index < -0.39 is 23.3 Å². The molecule has 0 saturated carbocycles. The number of amides is 4. The number of barbiturate groups is 1. The molecule has 1 fully saturated rings. The molecule has 0 radical (unpaired) electrons. The van der Waals surface area contributed by atoms with E-state index in [2.05, 4.69) is 0 Å². The molecule has 4 amide bonds. The molecule has 6 nitrogen and oxygen atoms in total. The van der Waals surface area contributed by atoms with Crippen LogP contribution in [0.25, 0.3) is 0 Å².